The molecule has 0 spiro atoms. The molecule has 0 fully saturated rings. The maximum atomic E-state index is 6.04. The standard InChI is InChI=1S/C13H30N2O/c1-5-7-13(14)8-9-15(10-11-16-4)12(3)6-2/h12-13H,5-11,14H2,1-4H3. The zero-order chi connectivity index (χ0) is 12.4. The molecular formula is C13H30N2O. The highest BCUT2D eigenvalue weighted by Gasteiger charge is 2.12. The quantitative estimate of drug-likeness (QED) is 0.625. The van der Waals surface area contributed by atoms with Crippen molar-refractivity contribution in [2.24, 2.45) is 5.73 Å². The van der Waals surface area contributed by atoms with Gasteiger partial charge < -0.3 is 10.5 Å². The number of hydrogen-bond acceptors (Lipinski definition) is 3. The number of rotatable bonds is 10. The van der Waals surface area contributed by atoms with Gasteiger partial charge in [-0.3, -0.25) is 4.90 Å². The predicted molar refractivity (Wildman–Crippen MR) is 70.7 cm³/mol. The fourth-order valence-corrected chi connectivity index (χ4v) is 1.87. The summed E-state index contributed by atoms with van der Waals surface area (Å²) in [4.78, 5) is 2.49. The third kappa shape index (κ3) is 7.20. The maximum absolute atomic E-state index is 6.04. The van der Waals surface area contributed by atoms with Crippen LogP contribution in [0, 0.1) is 0 Å². The van der Waals surface area contributed by atoms with Crippen molar-refractivity contribution in [3.05, 3.63) is 0 Å². The average molecular weight is 230 g/mol. The first-order valence-corrected chi connectivity index (χ1v) is 6.64. The molecule has 0 amide bonds. The number of methoxy groups -OCH3 is 1. The summed E-state index contributed by atoms with van der Waals surface area (Å²) in [5, 5.41) is 0. The molecule has 2 N–H and O–H groups in total. The SMILES string of the molecule is CCCC(N)CCN(CCOC)C(C)CC. The fourth-order valence-electron chi connectivity index (χ4n) is 1.87. The van der Waals surface area contributed by atoms with E-state index in [1.807, 2.05) is 0 Å². The number of nitrogens with zero attached hydrogens (tertiary/aromatic N) is 1. The van der Waals surface area contributed by atoms with Gasteiger partial charge in [0.2, 0.25) is 0 Å². The van der Waals surface area contributed by atoms with Gasteiger partial charge in [-0.05, 0) is 32.7 Å². The topological polar surface area (TPSA) is 38.5 Å². The molecule has 98 valence electrons. The molecule has 0 aromatic carbocycles. The molecule has 2 atom stereocenters. The van der Waals surface area contributed by atoms with Crippen LogP contribution in [0.5, 0.6) is 0 Å². The number of ether oxygens (including phenoxy) is 1. The fraction of sp³-hybridized carbons (Fsp3) is 1.00. The van der Waals surface area contributed by atoms with E-state index in [0.717, 1.165) is 32.5 Å². The Hall–Kier alpha value is -0.120. The highest BCUT2D eigenvalue weighted by atomic mass is 16.5. The lowest BCUT2D eigenvalue weighted by atomic mass is 10.1. The molecule has 0 aromatic rings. The smallest absolute Gasteiger partial charge is 0.0589 e. The van der Waals surface area contributed by atoms with Crippen molar-refractivity contribution in [3.63, 3.8) is 0 Å². The first kappa shape index (κ1) is 15.9. The van der Waals surface area contributed by atoms with Crippen LogP contribution in [0.15, 0.2) is 0 Å². The highest BCUT2D eigenvalue weighted by molar-refractivity contribution is 4.69. The van der Waals surface area contributed by atoms with E-state index in [1.165, 1.54) is 12.8 Å². The van der Waals surface area contributed by atoms with Crippen LogP contribution in [-0.2, 0) is 4.74 Å². The molecule has 0 heterocycles. The molecule has 0 saturated carbocycles. The third-order valence-electron chi connectivity index (χ3n) is 3.24. The van der Waals surface area contributed by atoms with E-state index in [0.29, 0.717) is 12.1 Å². The van der Waals surface area contributed by atoms with Crippen LogP contribution in [0.2, 0.25) is 0 Å². The average Bonchev–Trinajstić information content (AvgIpc) is 2.28. The van der Waals surface area contributed by atoms with Gasteiger partial charge in [-0.25, -0.2) is 0 Å². The molecule has 0 aliphatic carbocycles. The van der Waals surface area contributed by atoms with Gasteiger partial charge in [-0.1, -0.05) is 20.3 Å². The van der Waals surface area contributed by atoms with Crippen molar-refractivity contribution in [2.45, 2.75) is 58.5 Å². The Morgan fingerprint density at radius 2 is 1.88 bits per heavy atom. The second kappa shape index (κ2) is 10.1. The first-order valence-electron chi connectivity index (χ1n) is 6.64. The van der Waals surface area contributed by atoms with Gasteiger partial charge >= 0.3 is 0 Å². The van der Waals surface area contributed by atoms with Crippen LogP contribution in [-0.4, -0.2) is 43.8 Å². The van der Waals surface area contributed by atoms with E-state index in [2.05, 4.69) is 25.7 Å². The monoisotopic (exact) mass is 230 g/mol. The first-order chi connectivity index (χ1) is 7.65. The zero-order valence-electron chi connectivity index (χ0n) is 11.5. The van der Waals surface area contributed by atoms with E-state index in [4.69, 9.17) is 10.5 Å². The Morgan fingerprint density at radius 1 is 1.19 bits per heavy atom. The van der Waals surface area contributed by atoms with Gasteiger partial charge in [0, 0.05) is 25.7 Å². The van der Waals surface area contributed by atoms with Gasteiger partial charge in [0.05, 0.1) is 6.61 Å². The molecule has 0 rings (SSSR count). The summed E-state index contributed by atoms with van der Waals surface area (Å²) < 4.78 is 5.15. The summed E-state index contributed by atoms with van der Waals surface area (Å²) in [6.45, 7) is 9.63. The Labute approximate surface area is 101 Å². The van der Waals surface area contributed by atoms with Crippen molar-refractivity contribution < 1.29 is 4.74 Å². The number of hydrogen-bond donors (Lipinski definition) is 1. The van der Waals surface area contributed by atoms with Crippen molar-refractivity contribution in [3.8, 4) is 0 Å². The lowest BCUT2D eigenvalue weighted by Gasteiger charge is -2.29. The van der Waals surface area contributed by atoms with Gasteiger partial charge in [-0.15, -0.1) is 0 Å². The Balaban J connectivity index is 3.90. The summed E-state index contributed by atoms with van der Waals surface area (Å²) in [5.41, 5.74) is 6.04. The highest BCUT2D eigenvalue weighted by Crippen LogP contribution is 2.07. The third-order valence-corrected chi connectivity index (χ3v) is 3.24. The second-order valence-electron chi connectivity index (χ2n) is 4.62. The van der Waals surface area contributed by atoms with Crippen molar-refractivity contribution in [2.75, 3.05) is 26.8 Å². The summed E-state index contributed by atoms with van der Waals surface area (Å²) in [7, 11) is 1.76. The summed E-state index contributed by atoms with van der Waals surface area (Å²) >= 11 is 0. The van der Waals surface area contributed by atoms with Crippen molar-refractivity contribution in [1.82, 2.24) is 4.90 Å². The predicted octanol–water partition coefficient (Wildman–Crippen LogP) is 2.25. The van der Waals surface area contributed by atoms with Gasteiger partial charge in [0.1, 0.15) is 0 Å². The minimum atomic E-state index is 0.360. The molecule has 0 saturated heterocycles. The minimum absolute atomic E-state index is 0.360. The van der Waals surface area contributed by atoms with E-state index in [9.17, 15) is 0 Å². The van der Waals surface area contributed by atoms with Crippen LogP contribution in [0.25, 0.3) is 0 Å². The largest absolute Gasteiger partial charge is 0.383 e. The van der Waals surface area contributed by atoms with E-state index in [-0.39, 0.29) is 0 Å². The molecular weight excluding hydrogens is 200 g/mol. The summed E-state index contributed by atoms with van der Waals surface area (Å²) in [6.07, 6.45) is 4.61. The summed E-state index contributed by atoms with van der Waals surface area (Å²) in [6, 6.07) is 0.989. The lowest BCUT2D eigenvalue weighted by molar-refractivity contribution is 0.120. The molecule has 0 aromatic heterocycles. The molecule has 3 heteroatoms. The van der Waals surface area contributed by atoms with Gasteiger partial charge in [-0.2, -0.15) is 0 Å². The summed E-state index contributed by atoms with van der Waals surface area (Å²) in [5.74, 6) is 0. The van der Waals surface area contributed by atoms with E-state index in [1.54, 1.807) is 7.11 Å². The molecule has 0 radical (unpaired) electrons. The Morgan fingerprint density at radius 3 is 2.38 bits per heavy atom. The molecule has 16 heavy (non-hydrogen) atoms. The van der Waals surface area contributed by atoms with Crippen LogP contribution in [0.1, 0.15) is 46.5 Å². The minimum Gasteiger partial charge on any atom is -0.383 e. The van der Waals surface area contributed by atoms with Gasteiger partial charge in [0.15, 0.2) is 0 Å². The lowest BCUT2D eigenvalue weighted by Crippen LogP contribution is -2.38. The Kier molecular flexibility index (Phi) is 9.99. The van der Waals surface area contributed by atoms with Crippen molar-refractivity contribution in [1.29, 1.82) is 0 Å². The second-order valence-corrected chi connectivity index (χ2v) is 4.62. The Bertz CT molecular complexity index is 153. The molecule has 0 aliphatic rings. The maximum Gasteiger partial charge on any atom is 0.0589 e. The van der Waals surface area contributed by atoms with Crippen LogP contribution in [0.3, 0.4) is 0 Å². The molecule has 3 nitrogen and oxygen atoms in total. The zero-order valence-corrected chi connectivity index (χ0v) is 11.5. The molecule has 0 bridgehead atoms. The van der Waals surface area contributed by atoms with E-state index >= 15 is 0 Å². The van der Waals surface area contributed by atoms with Crippen molar-refractivity contribution >= 4 is 0 Å². The van der Waals surface area contributed by atoms with Gasteiger partial charge in [0.25, 0.3) is 0 Å². The van der Waals surface area contributed by atoms with Crippen LogP contribution in [0.4, 0.5) is 0 Å². The number of nitrogens with two attached hydrogens (primary N) is 1. The molecule has 2 unspecified atom stereocenters. The van der Waals surface area contributed by atoms with Crippen LogP contribution < -0.4 is 5.73 Å². The van der Waals surface area contributed by atoms with E-state index < -0.39 is 0 Å². The normalized spacial score (nSPS) is 15.4. The molecule has 0 aliphatic heterocycles. The van der Waals surface area contributed by atoms with Crippen LogP contribution >= 0.6 is 0 Å².